The lowest BCUT2D eigenvalue weighted by molar-refractivity contribution is -0.794. The van der Waals surface area contributed by atoms with Crippen molar-refractivity contribution in [1.29, 1.82) is 0 Å². The molecule has 0 spiro atoms. The smallest absolute Gasteiger partial charge is 0.496 e. The van der Waals surface area contributed by atoms with Crippen molar-refractivity contribution in [1.82, 2.24) is 10.3 Å². The summed E-state index contributed by atoms with van der Waals surface area (Å²) in [6.45, 7) is 11.9. The molecule has 6 atom stereocenters. The zero-order valence-electron chi connectivity index (χ0n) is 28.7. The van der Waals surface area contributed by atoms with E-state index in [4.69, 9.17) is 23.7 Å². The van der Waals surface area contributed by atoms with E-state index in [1.54, 1.807) is 25.3 Å². The Morgan fingerprint density at radius 2 is 1.83 bits per heavy atom. The van der Waals surface area contributed by atoms with Crippen molar-refractivity contribution >= 4 is 35.1 Å². The number of benzene rings is 1. The highest BCUT2D eigenvalue weighted by atomic mass is 16.6. The molecule has 1 aromatic heterocycles. The van der Waals surface area contributed by atoms with Crippen LogP contribution in [0.3, 0.4) is 0 Å². The number of quaternary nitrogens is 1. The summed E-state index contributed by atoms with van der Waals surface area (Å²) in [6.07, 6.45) is 8.82. The van der Waals surface area contributed by atoms with E-state index in [2.05, 4.69) is 23.5 Å². The van der Waals surface area contributed by atoms with E-state index < -0.39 is 40.8 Å². The van der Waals surface area contributed by atoms with Gasteiger partial charge in [0.05, 0.1) is 26.3 Å². The van der Waals surface area contributed by atoms with Gasteiger partial charge in [-0.25, -0.2) is 14.6 Å². The number of allylic oxidation sites excluding steroid dienone is 1. The summed E-state index contributed by atoms with van der Waals surface area (Å²) in [4.78, 5) is 46.6. The van der Waals surface area contributed by atoms with Gasteiger partial charge in [0.25, 0.3) is 0 Å². The molecule has 1 unspecified atom stereocenters. The molecular formula is C37H50N3O8+. The Balaban J connectivity index is 1.44. The summed E-state index contributed by atoms with van der Waals surface area (Å²) in [5, 5.41) is 3.65. The summed E-state index contributed by atoms with van der Waals surface area (Å²) in [7, 11) is 2.87. The first kappa shape index (κ1) is 35.2. The van der Waals surface area contributed by atoms with Gasteiger partial charge >= 0.3 is 18.1 Å². The van der Waals surface area contributed by atoms with Crippen molar-refractivity contribution < 1.29 is 42.6 Å². The Hall–Kier alpha value is -4.12. The van der Waals surface area contributed by atoms with Crippen molar-refractivity contribution in [2.24, 2.45) is 11.8 Å². The molecule has 260 valence electrons. The maximum atomic E-state index is 14.8. The second-order valence-corrected chi connectivity index (χ2v) is 13.2. The van der Waals surface area contributed by atoms with Gasteiger partial charge in [0.2, 0.25) is 5.88 Å². The number of hydrogen-bond acceptors (Lipinski definition) is 9. The number of fused-ring (bicyclic) bond motifs is 1. The molecule has 2 heterocycles. The van der Waals surface area contributed by atoms with Gasteiger partial charge in [0.1, 0.15) is 30.2 Å². The van der Waals surface area contributed by atoms with Gasteiger partial charge in [-0.3, -0.25) is 0 Å². The van der Waals surface area contributed by atoms with Gasteiger partial charge in [-0.1, -0.05) is 31.6 Å². The van der Waals surface area contributed by atoms with Gasteiger partial charge in [-0.15, -0.1) is 6.58 Å². The van der Waals surface area contributed by atoms with Crippen LogP contribution >= 0.6 is 0 Å². The highest BCUT2D eigenvalue weighted by Crippen LogP contribution is 2.40. The van der Waals surface area contributed by atoms with Crippen LogP contribution in [-0.4, -0.2) is 79.2 Å². The average molecular weight is 665 g/mol. The van der Waals surface area contributed by atoms with Crippen LogP contribution in [0.5, 0.6) is 17.4 Å². The molecule has 2 saturated carbocycles. The van der Waals surface area contributed by atoms with Crippen molar-refractivity contribution in [3.05, 3.63) is 43.0 Å². The summed E-state index contributed by atoms with van der Waals surface area (Å²) in [6, 6.07) is 4.03. The van der Waals surface area contributed by atoms with E-state index in [1.807, 2.05) is 26.0 Å². The van der Waals surface area contributed by atoms with Crippen LogP contribution in [0.1, 0.15) is 77.2 Å². The summed E-state index contributed by atoms with van der Waals surface area (Å²) >= 11 is 0. The molecule has 11 heteroatoms. The Morgan fingerprint density at radius 3 is 2.50 bits per heavy atom. The number of alkyl carbamates (subject to hydrolysis) is 1. The quantitative estimate of drug-likeness (QED) is 0.189. The van der Waals surface area contributed by atoms with Crippen molar-refractivity contribution in [3.63, 3.8) is 0 Å². The molecule has 1 N–H and O–H groups in total. The van der Waals surface area contributed by atoms with Crippen LogP contribution in [-0.2, 0) is 14.3 Å². The number of carbonyl (C=O) groups is 3. The van der Waals surface area contributed by atoms with E-state index in [1.165, 1.54) is 7.11 Å². The number of likely N-dealkylation sites (tertiary alicyclic amines) is 1. The number of rotatable bonds is 12. The Kier molecular flexibility index (Phi) is 11.3. The number of aromatic nitrogens is 1. The van der Waals surface area contributed by atoms with Crippen LogP contribution in [0.4, 0.5) is 9.59 Å². The molecular weight excluding hydrogens is 614 g/mol. The average Bonchev–Trinajstić information content (AvgIpc) is 3.84. The molecule has 11 nitrogen and oxygen atoms in total. The molecule has 1 saturated heterocycles. The number of nitrogens with zero attached hydrogens (tertiary/aromatic N) is 2. The van der Waals surface area contributed by atoms with E-state index in [0.29, 0.717) is 41.3 Å². The lowest BCUT2D eigenvalue weighted by atomic mass is 9.95. The summed E-state index contributed by atoms with van der Waals surface area (Å²) in [5.41, 5.74) is 1.37. The largest absolute Gasteiger partial charge is 0.523 e. The third-order valence-corrected chi connectivity index (χ3v) is 10.4. The Labute approximate surface area is 283 Å². The first-order chi connectivity index (χ1) is 23.2. The number of nitrogens with one attached hydrogen (secondary N) is 1. The molecule has 3 amide bonds. The standard InChI is InChI=1S/C37H49N3O8/c1-7-13-25-16-12-17-30(25)48-36(42)39-34(26-14-10-11-15-26)35(41)40(37(43)45-6)22-27(18-23(40)4)47-32-21-33(46-9-3)38-29-20-31(44-5)24(8-2)19-28(29)32/h7-8,19-21,23,25-27,30,34H,1-2,9-18,22H2,3-6H3/p+1/t23-,25-,27-,30-,34+,40?/m1/s1. The SMILES string of the molecule is C=CC[C@@H]1CCC[C@H]1OC(=O)N[C@H](C(=O)[N+]1(C(=O)OC)C[C@H](Oc2cc(OCC)nc3cc(OC)c(C=C)cc23)C[C@H]1C)C1CCCC1. The number of carbonyl (C=O) groups excluding carboxylic acids is 3. The maximum absolute atomic E-state index is 14.8. The molecule has 2 aromatic rings. The third kappa shape index (κ3) is 7.02. The first-order valence-electron chi connectivity index (χ1n) is 17.2. The number of methoxy groups -OCH3 is 2. The van der Waals surface area contributed by atoms with E-state index >= 15 is 0 Å². The highest BCUT2D eigenvalue weighted by Gasteiger charge is 2.61. The normalized spacial score (nSPS) is 26.1. The van der Waals surface area contributed by atoms with E-state index in [9.17, 15) is 14.4 Å². The molecule has 3 aliphatic rings. The second-order valence-electron chi connectivity index (χ2n) is 13.2. The molecule has 48 heavy (non-hydrogen) atoms. The van der Waals surface area contributed by atoms with Crippen molar-refractivity contribution in [2.75, 3.05) is 27.4 Å². The first-order valence-corrected chi connectivity index (χ1v) is 17.2. The fourth-order valence-electron chi connectivity index (χ4n) is 7.95. The van der Waals surface area contributed by atoms with E-state index in [0.717, 1.165) is 56.9 Å². The number of pyridine rings is 1. The number of hydrogen-bond donors (Lipinski definition) is 1. The molecule has 2 aliphatic carbocycles. The monoisotopic (exact) mass is 664 g/mol. The number of imide groups is 1. The molecule has 1 aromatic carbocycles. The zero-order chi connectivity index (χ0) is 34.4. The predicted molar refractivity (Wildman–Crippen MR) is 182 cm³/mol. The fraction of sp³-hybridized carbons (Fsp3) is 0.568. The maximum Gasteiger partial charge on any atom is 0.523 e. The van der Waals surface area contributed by atoms with Gasteiger partial charge in [-0.2, -0.15) is 9.28 Å². The molecule has 3 fully saturated rings. The van der Waals surface area contributed by atoms with Gasteiger partial charge in [0, 0.05) is 29.5 Å². The summed E-state index contributed by atoms with van der Waals surface area (Å²) in [5.74, 6) is 1.20. The third-order valence-electron chi connectivity index (χ3n) is 10.4. The minimum absolute atomic E-state index is 0.0366. The van der Waals surface area contributed by atoms with Crippen LogP contribution in [0.2, 0.25) is 0 Å². The molecule has 0 bridgehead atoms. The predicted octanol–water partition coefficient (Wildman–Crippen LogP) is 6.96. The van der Waals surface area contributed by atoms with Crippen LogP contribution < -0.4 is 19.5 Å². The lowest BCUT2D eigenvalue weighted by Gasteiger charge is -2.35. The lowest BCUT2D eigenvalue weighted by Crippen LogP contribution is -2.66. The number of ether oxygens (including phenoxy) is 5. The molecule has 1 aliphatic heterocycles. The number of amides is 3. The Bertz CT molecular complexity index is 1520. The van der Waals surface area contributed by atoms with Crippen molar-refractivity contribution in [2.45, 2.75) is 95.9 Å². The highest BCUT2D eigenvalue weighted by molar-refractivity contribution is 5.90. The van der Waals surface area contributed by atoms with Crippen molar-refractivity contribution in [3.8, 4) is 17.4 Å². The minimum Gasteiger partial charge on any atom is -0.496 e. The second kappa shape index (κ2) is 15.4. The van der Waals surface area contributed by atoms with Gasteiger partial charge in [-0.05, 0) is 70.3 Å². The van der Waals surface area contributed by atoms with Gasteiger partial charge < -0.3 is 29.0 Å². The van der Waals surface area contributed by atoms with E-state index in [-0.39, 0.29) is 24.5 Å². The molecule has 5 rings (SSSR count). The topological polar surface area (TPSA) is 122 Å². The van der Waals surface area contributed by atoms with Crippen LogP contribution in [0, 0.1) is 11.8 Å². The molecule has 0 radical (unpaired) electrons. The van der Waals surface area contributed by atoms with Crippen LogP contribution in [0.15, 0.2) is 37.4 Å². The zero-order valence-corrected chi connectivity index (χ0v) is 28.7. The van der Waals surface area contributed by atoms with Crippen LogP contribution in [0.25, 0.3) is 17.0 Å². The van der Waals surface area contributed by atoms with Gasteiger partial charge in [0.15, 0.2) is 12.1 Å². The fourth-order valence-corrected chi connectivity index (χ4v) is 7.95. The minimum atomic E-state index is -0.909. The summed E-state index contributed by atoms with van der Waals surface area (Å²) < 4.78 is 28.6. The Morgan fingerprint density at radius 1 is 1.06 bits per heavy atom.